The number of sulfonamides is 1. The predicted octanol–water partition coefficient (Wildman–Crippen LogP) is 7.51. The van der Waals surface area contributed by atoms with Crippen molar-refractivity contribution in [2.45, 2.75) is 22.9 Å². The van der Waals surface area contributed by atoms with Gasteiger partial charge in [0.25, 0.3) is 21.8 Å². The van der Waals surface area contributed by atoms with Crippen molar-refractivity contribution in [3.8, 4) is 16.9 Å². The van der Waals surface area contributed by atoms with Gasteiger partial charge in [0.15, 0.2) is 0 Å². The van der Waals surface area contributed by atoms with E-state index in [4.69, 9.17) is 4.74 Å². The summed E-state index contributed by atoms with van der Waals surface area (Å²) in [5.74, 6) is 0.0830. The topological polar surface area (TPSA) is 121 Å². The maximum Gasteiger partial charge on any atom is 0.418 e. The van der Waals surface area contributed by atoms with E-state index in [0.717, 1.165) is 33.8 Å². The predicted molar refractivity (Wildman–Crippen MR) is 205 cm³/mol. The fourth-order valence-corrected chi connectivity index (χ4v) is 8.43. The number of halogens is 3. The summed E-state index contributed by atoms with van der Waals surface area (Å²) >= 11 is 2.83. The van der Waals surface area contributed by atoms with E-state index in [9.17, 15) is 31.2 Å². The molecule has 1 saturated heterocycles. The highest BCUT2D eigenvalue weighted by molar-refractivity contribution is 7.99. The molecule has 0 spiro atoms. The van der Waals surface area contributed by atoms with E-state index in [1.165, 1.54) is 35.2 Å². The van der Waals surface area contributed by atoms with Crippen LogP contribution in [0.1, 0.15) is 32.5 Å². The van der Waals surface area contributed by atoms with Gasteiger partial charge in [-0.3, -0.25) is 14.6 Å². The highest BCUT2D eigenvalue weighted by atomic mass is 32.2. The highest BCUT2D eigenvalue weighted by Crippen LogP contribution is 2.36. The van der Waals surface area contributed by atoms with Gasteiger partial charge in [-0.2, -0.15) is 13.2 Å². The standard InChI is InChI=1S/C38H36F3N5O5S3/c1-2-51-30-20-27(23-42-24-30)28-21-35(53-25-28)37(48)46-17-15-45(16-18-46)29-10-8-26(9-11-29)36(47)44-54(49,50)32-12-13-34(33(22-32)38(39,40)41)43-14-19-52-31-6-4-3-5-7-31/h3-13,20-25,43H,2,14-19H2,1H3,(H,44,47). The van der Waals surface area contributed by atoms with Crippen LogP contribution in [0.4, 0.5) is 24.5 Å². The summed E-state index contributed by atoms with van der Waals surface area (Å²) < 4.78 is 75.5. The van der Waals surface area contributed by atoms with E-state index < -0.39 is 32.6 Å². The van der Waals surface area contributed by atoms with Gasteiger partial charge in [0.05, 0.1) is 28.1 Å². The second-order valence-corrected chi connectivity index (χ2v) is 15.9. The number of pyridine rings is 1. The van der Waals surface area contributed by atoms with Gasteiger partial charge in [-0.25, -0.2) is 13.1 Å². The number of carbonyl (C=O) groups excluding carboxylic acids is 2. The minimum atomic E-state index is -4.85. The number of carbonyl (C=O) groups is 2. The van der Waals surface area contributed by atoms with E-state index >= 15 is 0 Å². The Balaban J connectivity index is 1.03. The van der Waals surface area contributed by atoms with E-state index in [-0.39, 0.29) is 23.7 Å². The Hall–Kier alpha value is -5.06. The van der Waals surface area contributed by atoms with Crippen molar-refractivity contribution in [3.63, 3.8) is 0 Å². The first kappa shape index (κ1) is 38.7. The number of anilines is 2. The van der Waals surface area contributed by atoms with E-state index in [1.807, 2.05) is 64.4 Å². The Morgan fingerprint density at radius 1 is 0.926 bits per heavy atom. The quantitative estimate of drug-likeness (QED) is 0.0922. The van der Waals surface area contributed by atoms with Crippen LogP contribution in [-0.2, 0) is 16.2 Å². The molecule has 2 amide bonds. The SMILES string of the molecule is CCOc1cncc(-c2csc(C(=O)N3CCN(c4ccc(C(=O)NS(=O)(=O)c5ccc(NCCSc6ccccc6)c(C(F)(F)F)c5)cc4)CC3)c2)c1. The Labute approximate surface area is 319 Å². The first-order chi connectivity index (χ1) is 25.9. The number of ether oxygens (including phenoxy) is 1. The minimum absolute atomic E-state index is 0.0110. The number of alkyl halides is 3. The lowest BCUT2D eigenvalue weighted by molar-refractivity contribution is -0.137. The maximum atomic E-state index is 14.0. The van der Waals surface area contributed by atoms with Crippen LogP contribution in [0.15, 0.2) is 112 Å². The third-order valence-corrected chi connectivity index (χ3v) is 11.8. The van der Waals surface area contributed by atoms with Gasteiger partial charge < -0.3 is 19.9 Å². The van der Waals surface area contributed by atoms with Crippen LogP contribution in [-0.4, -0.2) is 75.2 Å². The summed E-state index contributed by atoms with van der Waals surface area (Å²) in [5.41, 5.74) is 1.10. The Morgan fingerprint density at radius 2 is 1.67 bits per heavy atom. The number of benzene rings is 3. The highest BCUT2D eigenvalue weighted by Gasteiger charge is 2.35. The molecule has 3 aromatic carbocycles. The average molecular weight is 796 g/mol. The lowest BCUT2D eigenvalue weighted by atomic mass is 10.1. The molecule has 1 fully saturated rings. The second kappa shape index (κ2) is 17.0. The number of rotatable bonds is 13. The third kappa shape index (κ3) is 9.53. The molecule has 6 rings (SSSR count). The summed E-state index contributed by atoms with van der Waals surface area (Å²) in [6.45, 7) is 4.62. The fourth-order valence-electron chi connectivity index (χ4n) is 5.76. The maximum absolute atomic E-state index is 14.0. The summed E-state index contributed by atoms with van der Waals surface area (Å²) in [6.07, 6.45) is -1.48. The molecule has 5 aromatic rings. The number of amides is 2. The van der Waals surface area contributed by atoms with E-state index in [0.29, 0.717) is 55.2 Å². The molecule has 16 heteroatoms. The van der Waals surface area contributed by atoms with Crippen molar-refractivity contribution >= 4 is 56.3 Å². The van der Waals surface area contributed by atoms with Crippen molar-refractivity contribution < 1.29 is 35.9 Å². The lowest BCUT2D eigenvalue weighted by Crippen LogP contribution is -2.48. The molecule has 0 saturated carbocycles. The van der Waals surface area contributed by atoms with Gasteiger partial charge in [-0.15, -0.1) is 23.1 Å². The zero-order valence-corrected chi connectivity index (χ0v) is 31.5. The molecule has 282 valence electrons. The molecule has 1 aliphatic heterocycles. The molecule has 1 aliphatic rings. The van der Waals surface area contributed by atoms with E-state index in [2.05, 4.69) is 10.3 Å². The van der Waals surface area contributed by atoms with Crippen LogP contribution < -0.4 is 19.7 Å². The zero-order chi connectivity index (χ0) is 38.3. The lowest BCUT2D eigenvalue weighted by Gasteiger charge is -2.36. The molecule has 0 radical (unpaired) electrons. The van der Waals surface area contributed by atoms with E-state index in [1.54, 1.807) is 29.4 Å². The molecular formula is C38H36F3N5O5S3. The smallest absolute Gasteiger partial charge is 0.418 e. The third-order valence-electron chi connectivity index (χ3n) is 8.49. The van der Waals surface area contributed by atoms with Crippen LogP contribution >= 0.6 is 23.1 Å². The number of aromatic nitrogens is 1. The summed E-state index contributed by atoms with van der Waals surface area (Å²) in [6, 6.07) is 21.9. The largest absolute Gasteiger partial charge is 0.492 e. The van der Waals surface area contributed by atoms with Crippen molar-refractivity contribution in [2.75, 3.05) is 55.3 Å². The monoisotopic (exact) mass is 795 g/mol. The van der Waals surface area contributed by atoms with Crippen LogP contribution in [0.25, 0.3) is 11.1 Å². The molecule has 2 N–H and O–H groups in total. The minimum Gasteiger partial charge on any atom is -0.492 e. The molecule has 54 heavy (non-hydrogen) atoms. The van der Waals surface area contributed by atoms with Crippen LogP contribution in [0.2, 0.25) is 0 Å². The van der Waals surface area contributed by atoms with Crippen molar-refractivity contribution in [1.29, 1.82) is 0 Å². The van der Waals surface area contributed by atoms with Crippen molar-refractivity contribution in [3.05, 3.63) is 119 Å². The Morgan fingerprint density at radius 3 is 2.37 bits per heavy atom. The zero-order valence-electron chi connectivity index (χ0n) is 29.0. The van der Waals surface area contributed by atoms with Gasteiger partial charge in [-0.05, 0) is 84.6 Å². The van der Waals surface area contributed by atoms with Gasteiger partial charge in [0.2, 0.25) is 0 Å². The van der Waals surface area contributed by atoms with Gasteiger partial charge in [0.1, 0.15) is 5.75 Å². The molecule has 0 aliphatic carbocycles. The summed E-state index contributed by atoms with van der Waals surface area (Å²) in [4.78, 5) is 35.2. The first-order valence-electron chi connectivity index (χ1n) is 16.9. The van der Waals surface area contributed by atoms with Crippen LogP contribution in [0.5, 0.6) is 5.75 Å². The number of thiophene rings is 1. The Kier molecular flexibility index (Phi) is 12.1. The van der Waals surface area contributed by atoms with Crippen LogP contribution in [0, 0.1) is 0 Å². The average Bonchev–Trinajstić information content (AvgIpc) is 3.67. The molecule has 0 atom stereocenters. The second-order valence-electron chi connectivity index (χ2n) is 12.1. The number of nitrogens with one attached hydrogen (secondary N) is 2. The first-order valence-corrected chi connectivity index (χ1v) is 20.3. The van der Waals surface area contributed by atoms with Gasteiger partial charge in [0, 0.05) is 72.1 Å². The molecule has 2 aromatic heterocycles. The molecule has 10 nitrogen and oxygen atoms in total. The number of hydrogen-bond donors (Lipinski definition) is 2. The number of piperazine rings is 1. The number of thioether (sulfide) groups is 1. The van der Waals surface area contributed by atoms with Gasteiger partial charge in [-0.1, -0.05) is 18.2 Å². The molecule has 0 unspecified atom stereocenters. The van der Waals surface area contributed by atoms with Gasteiger partial charge >= 0.3 is 6.18 Å². The molecule has 3 heterocycles. The number of hydrogen-bond acceptors (Lipinski definition) is 10. The summed E-state index contributed by atoms with van der Waals surface area (Å²) in [5, 5.41) is 4.66. The number of nitrogens with zero attached hydrogens (tertiary/aromatic N) is 3. The normalized spacial score (nSPS) is 13.4. The van der Waals surface area contributed by atoms with Crippen molar-refractivity contribution in [1.82, 2.24) is 14.6 Å². The Bertz CT molecular complexity index is 2190. The molecular weight excluding hydrogens is 760 g/mol. The molecule has 0 bridgehead atoms. The van der Waals surface area contributed by atoms with Crippen molar-refractivity contribution in [2.24, 2.45) is 0 Å². The summed E-state index contributed by atoms with van der Waals surface area (Å²) in [7, 11) is -4.64. The fraction of sp³-hybridized carbons (Fsp3) is 0.237. The van der Waals surface area contributed by atoms with Crippen LogP contribution in [0.3, 0.4) is 0 Å².